The van der Waals surface area contributed by atoms with Crippen molar-refractivity contribution in [2.75, 3.05) is 17.7 Å². The van der Waals surface area contributed by atoms with Crippen LogP contribution in [-0.2, 0) is 20.7 Å². The molecule has 3 aromatic rings. The summed E-state index contributed by atoms with van der Waals surface area (Å²) in [4.78, 5) is 32.4. The van der Waals surface area contributed by atoms with Crippen LogP contribution in [0.4, 0.5) is 11.6 Å². The molecule has 0 unspecified atom stereocenters. The molecular formula is C19H19N7O3. The molecule has 2 aromatic heterocycles. The second-order valence-electron chi connectivity index (χ2n) is 6.31. The first-order valence-electron chi connectivity index (χ1n) is 8.82. The number of anilines is 2. The maximum absolute atomic E-state index is 12.1. The zero-order valence-corrected chi connectivity index (χ0v) is 16.0. The van der Waals surface area contributed by atoms with Gasteiger partial charge in [-0.1, -0.05) is 12.1 Å². The lowest BCUT2D eigenvalue weighted by atomic mass is 10.1. The van der Waals surface area contributed by atoms with Gasteiger partial charge in [-0.3, -0.25) is 9.59 Å². The molecule has 10 heteroatoms. The number of rotatable bonds is 6. The molecule has 0 aliphatic carbocycles. The number of hydrogen-bond donors (Lipinski definition) is 2. The second-order valence-corrected chi connectivity index (χ2v) is 6.31. The van der Waals surface area contributed by atoms with Gasteiger partial charge in [0.1, 0.15) is 6.07 Å². The van der Waals surface area contributed by atoms with E-state index in [0.29, 0.717) is 23.4 Å². The number of nitriles is 1. The average molecular weight is 393 g/mol. The molecule has 0 aliphatic heterocycles. The summed E-state index contributed by atoms with van der Waals surface area (Å²) in [5.74, 6) is -0.515. The standard InChI is InChI=1S/C19H19N7O3/c1-11-14(12(2)26-19(22-11)24-18(21)25-26)7-8-17(28)29-10-16(27)23-15-6-4-3-5-13(15)9-20/h3-6H,7-8,10H2,1-2H3,(H2,21,25)(H,23,27). The average Bonchev–Trinajstić information content (AvgIpc) is 3.07. The summed E-state index contributed by atoms with van der Waals surface area (Å²) in [5.41, 5.74) is 8.66. The number of para-hydroxylation sites is 1. The van der Waals surface area contributed by atoms with E-state index in [0.717, 1.165) is 17.0 Å². The third-order valence-electron chi connectivity index (χ3n) is 4.33. The fourth-order valence-corrected chi connectivity index (χ4v) is 2.91. The van der Waals surface area contributed by atoms with Crippen molar-refractivity contribution in [2.24, 2.45) is 0 Å². The van der Waals surface area contributed by atoms with E-state index in [9.17, 15) is 9.59 Å². The number of nitrogen functional groups attached to an aromatic ring is 1. The number of fused-ring (bicyclic) bond motifs is 1. The van der Waals surface area contributed by atoms with Crippen LogP contribution < -0.4 is 11.1 Å². The molecule has 148 valence electrons. The fourth-order valence-electron chi connectivity index (χ4n) is 2.91. The monoisotopic (exact) mass is 393 g/mol. The molecule has 0 aliphatic rings. The molecule has 1 amide bonds. The number of esters is 1. The second kappa shape index (κ2) is 8.35. The number of carbonyl (C=O) groups excluding carboxylic acids is 2. The van der Waals surface area contributed by atoms with E-state index in [1.54, 1.807) is 24.3 Å². The topological polar surface area (TPSA) is 148 Å². The molecule has 3 N–H and O–H groups in total. The van der Waals surface area contributed by atoms with Crippen LogP contribution in [0.3, 0.4) is 0 Å². The van der Waals surface area contributed by atoms with Crippen LogP contribution in [0.25, 0.3) is 5.78 Å². The smallest absolute Gasteiger partial charge is 0.306 e. The van der Waals surface area contributed by atoms with Gasteiger partial charge in [0.15, 0.2) is 6.61 Å². The van der Waals surface area contributed by atoms with E-state index in [-0.39, 0.29) is 12.4 Å². The Hall–Kier alpha value is -4.00. The van der Waals surface area contributed by atoms with Gasteiger partial charge in [-0.2, -0.15) is 14.8 Å². The number of aromatic nitrogens is 4. The van der Waals surface area contributed by atoms with Gasteiger partial charge in [-0.15, -0.1) is 5.10 Å². The Labute approximate surface area is 166 Å². The van der Waals surface area contributed by atoms with Gasteiger partial charge in [-0.05, 0) is 38.0 Å². The molecule has 0 saturated carbocycles. The normalized spacial score (nSPS) is 10.5. The lowest BCUT2D eigenvalue weighted by Gasteiger charge is -2.10. The third kappa shape index (κ3) is 4.47. The van der Waals surface area contributed by atoms with Crippen molar-refractivity contribution in [1.29, 1.82) is 5.26 Å². The van der Waals surface area contributed by atoms with Gasteiger partial charge in [0.05, 0.1) is 11.3 Å². The third-order valence-corrected chi connectivity index (χ3v) is 4.33. The number of aryl methyl sites for hydroxylation is 2. The van der Waals surface area contributed by atoms with Crippen molar-refractivity contribution < 1.29 is 14.3 Å². The van der Waals surface area contributed by atoms with Crippen LogP contribution in [0, 0.1) is 25.2 Å². The van der Waals surface area contributed by atoms with Gasteiger partial charge >= 0.3 is 5.97 Å². The van der Waals surface area contributed by atoms with Gasteiger partial charge < -0.3 is 15.8 Å². The van der Waals surface area contributed by atoms with Crippen LogP contribution in [0.2, 0.25) is 0 Å². The molecule has 0 atom stereocenters. The van der Waals surface area contributed by atoms with Gasteiger partial charge in [0.25, 0.3) is 11.7 Å². The summed E-state index contributed by atoms with van der Waals surface area (Å²) in [6.45, 7) is 3.22. The Morgan fingerprint density at radius 3 is 2.79 bits per heavy atom. The predicted octanol–water partition coefficient (Wildman–Crippen LogP) is 1.31. The summed E-state index contributed by atoms with van der Waals surface area (Å²) >= 11 is 0. The molecule has 0 saturated heterocycles. The lowest BCUT2D eigenvalue weighted by molar-refractivity contribution is -0.147. The van der Waals surface area contributed by atoms with Crippen molar-refractivity contribution >= 4 is 29.3 Å². The lowest BCUT2D eigenvalue weighted by Crippen LogP contribution is -2.21. The Morgan fingerprint density at radius 1 is 1.28 bits per heavy atom. The first-order valence-corrected chi connectivity index (χ1v) is 8.82. The Kier molecular flexibility index (Phi) is 5.69. The predicted molar refractivity (Wildman–Crippen MR) is 104 cm³/mol. The van der Waals surface area contributed by atoms with Gasteiger partial charge in [-0.25, -0.2) is 4.98 Å². The van der Waals surface area contributed by atoms with Crippen molar-refractivity contribution in [3.63, 3.8) is 0 Å². The first kappa shape index (κ1) is 19.8. The first-order chi connectivity index (χ1) is 13.9. The van der Waals surface area contributed by atoms with E-state index in [4.69, 9.17) is 15.7 Å². The molecule has 0 bridgehead atoms. The van der Waals surface area contributed by atoms with E-state index in [1.807, 2.05) is 19.9 Å². The maximum atomic E-state index is 12.1. The number of nitrogens with one attached hydrogen (secondary N) is 1. The van der Waals surface area contributed by atoms with E-state index in [1.165, 1.54) is 4.52 Å². The molecule has 0 fully saturated rings. The highest BCUT2D eigenvalue weighted by molar-refractivity contribution is 5.94. The van der Waals surface area contributed by atoms with Crippen LogP contribution in [0.5, 0.6) is 0 Å². The SMILES string of the molecule is Cc1nc2nc(N)nn2c(C)c1CCC(=O)OCC(=O)Nc1ccccc1C#N. The Bertz CT molecular complexity index is 1130. The summed E-state index contributed by atoms with van der Waals surface area (Å²) in [5, 5.41) is 15.7. The van der Waals surface area contributed by atoms with Crippen LogP contribution in [0.1, 0.15) is 28.9 Å². The molecule has 2 heterocycles. The van der Waals surface area contributed by atoms with Crippen LogP contribution in [0.15, 0.2) is 24.3 Å². The number of hydrogen-bond acceptors (Lipinski definition) is 8. The largest absolute Gasteiger partial charge is 0.456 e. The number of carbonyl (C=O) groups is 2. The number of benzene rings is 1. The summed E-state index contributed by atoms with van der Waals surface area (Å²) < 4.78 is 6.56. The minimum Gasteiger partial charge on any atom is -0.456 e. The number of nitrogens with two attached hydrogens (primary N) is 1. The number of ether oxygens (including phenoxy) is 1. The Morgan fingerprint density at radius 2 is 2.03 bits per heavy atom. The molecule has 1 aromatic carbocycles. The number of amides is 1. The maximum Gasteiger partial charge on any atom is 0.306 e. The van der Waals surface area contributed by atoms with Gasteiger partial charge in [0, 0.05) is 17.8 Å². The molecule has 29 heavy (non-hydrogen) atoms. The van der Waals surface area contributed by atoms with Crippen molar-refractivity contribution in [3.8, 4) is 6.07 Å². The highest BCUT2D eigenvalue weighted by Gasteiger charge is 2.15. The molecule has 3 rings (SSSR count). The quantitative estimate of drug-likeness (QED) is 0.595. The summed E-state index contributed by atoms with van der Waals surface area (Å²) in [6.07, 6.45) is 0.444. The summed E-state index contributed by atoms with van der Waals surface area (Å²) in [7, 11) is 0. The van der Waals surface area contributed by atoms with E-state index in [2.05, 4.69) is 20.4 Å². The zero-order chi connectivity index (χ0) is 21.0. The highest BCUT2D eigenvalue weighted by atomic mass is 16.5. The molecule has 0 spiro atoms. The van der Waals surface area contributed by atoms with Crippen molar-refractivity contribution in [3.05, 3.63) is 46.8 Å². The van der Waals surface area contributed by atoms with Crippen LogP contribution >= 0.6 is 0 Å². The fraction of sp³-hybridized carbons (Fsp3) is 0.263. The van der Waals surface area contributed by atoms with E-state index < -0.39 is 18.5 Å². The van der Waals surface area contributed by atoms with Gasteiger partial charge in [0.2, 0.25) is 5.95 Å². The zero-order valence-electron chi connectivity index (χ0n) is 16.0. The Balaban J connectivity index is 1.56. The number of nitrogens with zero attached hydrogens (tertiary/aromatic N) is 5. The molecule has 0 radical (unpaired) electrons. The van der Waals surface area contributed by atoms with Crippen molar-refractivity contribution in [1.82, 2.24) is 19.6 Å². The minimum absolute atomic E-state index is 0.0705. The van der Waals surface area contributed by atoms with E-state index >= 15 is 0 Å². The summed E-state index contributed by atoms with van der Waals surface area (Å²) in [6, 6.07) is 8.55. The van der Waals surface area contributed by atoms with Crippen LogP contribution in [-0.4, -0.2) is 38.1 Å². The minimum atomic E-state index is -0.522. The molecular weight excluding hydrogens is 374 g/mol. The highest BCUT2D eigenvalue weighted by Crippen LogP contribution is 2.16. The molecule has 10 nitrogen and oxygen atoms in total. The van der Waals surface area contributed by atoms with Crippen molar-refractivity contribution in [2.45, 2.75) is 26.7 Å².